The lowest BCUT2D eigenvalue weighted by Gasteiger charge is -2.05. The van der Waals surface area contributed by atoms with Crippen molar-refractivity contribution in [2.24, 2.45) is 4.99 Å². The maximum absolute atomic E-state index is 12.6. The van der Waals surface area contributed by atoms with Gasteiger partial charge >= 0.3 is 0 Å². The molecule has 0 bridgehead atoms. The Kier molecular flexibility index (Phi) is 5.70. The van der Waals surface area contributed by atoms with Gasteiger partial charge in [-0.25, -0.2) is 4.98 Å². The molecule has 3 heterocycles. The van der Waals surface area contributed by atoms with Crippen LogP contribution in [0.5, 0.6) is 0 Å². The van der Waals surface area contributed by atoms with Gasteiger partial charge in [0.2, 0.25) is 5.13 Å². The Labute approximate surface area is 199 Å². The molecule has 0 aliphatic carbocycles. The smallest absolute Gasteiger partial charge is 0.264 e. The summed E-state index contributed by atoms with van der Waals surface area (Å²) >= 11 is 2.51. The van der Waals surface area contributed by atoms with E-state index in [4.69, 9.17) is 0 Å². The highest BCUT2D eigenvalue weighted by atomic mass is 32.2. The van der Waals surface area contributed by atoms with Crippen LogP contribution in [0.15, 0.2) is 70.7 Å². The molecule has 2 aromatic heterocycles. The summed E-state index contributed by atoms with van der Waals surface area (Å²) < 4.78 is 2.20. The van der Waals surface area contributed by atoms with E-state index in [1.165, 1.54) is 35.6 Å². The van der Waals surface area contributed by atoms with Gasteiger partial charge < -0.3 is 9.88 Å². The van der Waals surface area contributed by atoms with Crippen molar-refractivity contribution >= 4 is 62.1 Å². The van der Waals surface area contributed by atoms with Gasteiger partial charge in [-0.3, -0.25) is 9.59 Å². The highest BCUT2D eigenvalue weighted by Crippen LogP contribution is 2.33. The fraction of sp³-hybridized carbons (Fsp3) is 0.120. The highest BCUT2D eigenvalue weighted by Gasteiger charge is 2.25. The third-order valence-electron chi connectivity index (χ3n) is 5.25. The summed E-state index contributed by atoms with van der Waals surface area (Å²) in [7, 11) is 0. The summed E-state index contributed by atoms with van der Waals surface area (Å²) in [6.45, 7) is 4.05. The van der Waals surface area contributed by atoms with Crippen LogP contribution in [0.2, 0.25) is 0 Å². The molecule has 8 heteroatoms. The van der Waals surface area contributed by atoms with Crippen LogP contribution >= 0.6 is 23.1 Å². The Balaban J connectivity index is 1.46. The second-order valence-corrected chi connectivity index (χ2v) is 9.67. The number of ketones is 1. The Morgan fingerprint density at radius 3 is 2.67 bits per heavy atom. The molecule has 1 fully saturated rings. The second-order valence-electron chi connectivity index (χ2n) is 7.66. The van der Waals surface area contributed by atoms with E-state index in [2.05, 4.69) is 50.3 Å². The fourth-order valence-corrected chi connectivity index (χ4v) is 5.48. The van der Waals surface area contributed by atoms with E-state index < -0.39 is 0 Å². The van der Waals surface area contributed by atoms with E-state index in [0.29, 0.717) is 25.8 Å². The van der Waals surface area contributed by atoms with Crippen LogP contribution in [0.4, 0.5) is 5.13 Å². The van der Waals surface area contributed by atoms with Gasteiger partial charge in [0, 0.05) is 36.1 Å². The van der Waals surface area contributed by atoms with Gasteiger partial charge in [0.25, 0.3) is 5.91 Å². The Morgan fingerprint density at radius 1 is 1.15 bits per heavy atom. The van der Waals surface area contributed by atoms with Crippen LogP contribution in [0.1, 0.15) is 33.4 Å². The fourth-order valence-electron chi connectivity index (χ4n) is 3.77. The Morgan fingerprint density at radius 2 is 1.91 bits per heavy atom. The van der Waals surface area contributed by atoms with Gasteiger partial charge in [-0.15, -0.1) is 0 Å². The zero-order valence-corrected chi connectivity index (χ0v) is 19.7. The number of carbonyl (C=O) groups excluding carboxylic acids is 2. The number of amidine groups is 1. The lowest BCUT2D eigenvalue weighted by molar-refractivity contribution is -0.115. The van der Waals surface area contributed by atoms with Crippen molar-refractivity contribution in [2.75, 3.05) is 0 Å². The number of rotatable bonds is 5. The number of aromatic nitrogens is 2. The van der Waals surface area contributed by atoms with Crippen LogP contribution in [0.25, 0.3) is 17.0 Å². The average Bonchev–Trinajstić information content (AvgIpc) is 3.45. The third kappa shape index (κ3) is 4.40. The molecule has 0 atom stereocenters. The number of aryl methyl sites for hydroxylation is 1. The molecule has 164 valence electrons. The number of Topliss-reactive ketones (excluding diaryl/α,β-unsaturated/α-hetero) is 1. The summed E-state index contributed by atoms with van der Waals surface area (Å²) in [4.78, 5) is 34.3. The first kappa shape index (κ1) is 21.4. The number of fused-ring (bicyclic) bond motifs is 1. The SMILES string of the molecule is CC(=O)c1sc(N=C2NC(=O)/C(=C/c3cn(Cc4ccccc4)c4ccccc34)S2)nc1C. The Bertz CT molecular complexity index is 1450. The monoisotopic (exact) mass is 472 g/mol. The molecule has 6 nitrogen and oxygen atoms in total. The van der Waals surface area contributed by atoms with Crippen molar-refractivity contribution in [3.05, 3.63) is 87.4 Å². The first-order valence-corrected chi connectivity index (χ1v) is 12.0. The number of aliphatic imine (C=N–C) groups is 1. The number of amides is 1. The molecule has 5 rings (SSSR count). The number of thiazole rings is 1. The largest absolute Gasteiger partial charge is 0.342 e. The van der Waals surface area contributed by atoms with E-state index in [9.17, 15) is 9.59 Å². The van der Waals surface area contributed by atoms with E-state index in [-0.39, 0.29) is 11.7 Å². The molecule has 1 aliphatic heterocycles. The van der Waals surface area contributed by atoms with Crippen molar-refractivity contribution in [2.45, 2.75) is 20.4 Å². The topological polar surface area (TPSA) is 76.3 Å². The molecule has 1 aliphatic rings. The summed E-state index contributed by atoms with van der Waals surface area (Å²) in [6.07, 6.45) is 3.98. The van der Waals surface area contributed by atoms with Gasteiger partial charge in [-0.05, 0) is 36.4 Å². The predicted molar refractivity (Wildman–Crippen MR) is 135 cm³/mol. The lowest BCUT2D eigenvalue weighted by Crippen LogP contribution is -2.19. The molecule has 0 radical (unpaired) electrons. The average molecular weight is 473 g/mol. The molecular formula is C25H20N4O2S2. The first-order chi connectivity index (χ1) is 16.0. The number of nitrogens with zero attached hydrogens (tertiary/aromatic N) is 3. The first-order valence-electron chi connectivity index (χ1n) is 10.4. The molecule has 33 heavy (non-hydrogen) atoms. The van der Waals surface area contributed by atoms with Crippen LogP contribution < -0.4 is 5.32 Å². The predicted octanol–water partition coefficient (Wildman–Crippen LogP) is 5.55. The minimum atomic E-state index is -0.196. The lowest BCUT2D eigenvalue weighted by atomic mass is 10.1. The third-order valence-corrected chi connectivity index (χ3v) is 7.32. The molecule has 4 aromatic rings. The Hall–Kier alpha value is -3.49. The number of thioether (sulfide) groups is 1. The summed E-state index contributed by atoms with van der Waals surface area (Å²) in [6, 6.07) is 18.5. The van der Waals surface area contributed by atoms with E-state index in [0.717, 1.165) is 23.0 Å². The minimum absolute atomic E-state index is 0.0351. The maximum atomic E-state index is 12.6. The van der Waals surface area contributed by atoms with Crippen molar-refractivity contribution in [1.29, 1.82) is 0 Å². The van der Waals surface area contributed by atoms with Crippen molar-refractivity contribution in [1.82, 2.24) is 14.9 Å². The van der Waals surface area contributed by atoms with Gasteiger partial charge in [-0.2, -0.15) is 4.99 Å². The highest BCUT2D eigenvalue weighted by molar-refractivity contribution is 8.18. The standard InChI is InChI=1S/C25H20N4O2S2/c1-15-22(16(2)30)33-24(26-15)28-25-27-23(31)21(32-25)12-18-14-29(13-17-8-4-3-5-9-17)20-11-7-6-10-19(18)20/h3-12,14H,13H2,1-2H3,(H,26,27,28,31)/b21-12-. The zero-order chi connectivity index (χ0) is 22.9. The van der Waals surface area contributed by atoms with Crippen molar-refractivity contribution < 1.29 is 9.59 Å². The van der Waals surface area contributed by atoms with Crippen LogP contribution in [-0.4, -0.2) is 26.4 Å². The number of benzene rings is 2. The molecule has 0 saturated carbocycles. The number of carbonyl (C=O) groups is 2. The molecule has 1 saturated heterocycles. The molecule has 0 spiro atoms. The van der Waals surface area contributed by atoms with Gasteiger partial charge in [0.1, 0.15) is 0 Å². The van der Waals surface area contributed by atoms with Gasteiger partial charge in [0.05, 0.1) is 15.5 Å². The van der Waals surface area contributed by atoms with E-state index in [1.807, 2.05) is 36.4 Å². The number of hydrogen-bond donors (Lipinski definition) is 1. The normalized spacial score (nSPS) is 16.1. The molecule has 0 unspecified atom stereocenters. The number of nitrogens with one attached hydrogen (secondary N) is 1. The van der Waals surface area contributed by atoms with Crippen LogP contribution in [0.3, 0.4) is 0 Å². The summed E-state index contributed by atoms with van der Waals surface area (Å²) in [5, 5.41) is 4.81. The van der Waals surface area contributed by atoms with E-state index in [1.54, 1.807) is 6.92 Å². The van der Waals surface area contributed by atoms with Crippen LogP contribution in [0, 0.1) is 6.92 Å². The number of hydrogen-bond acceptors (Lipinski definition) is 6. The minimum Gasteiger partial charge on any atom is -0.342 e. The summed E-state index contributed by atoms with van der Waals surface area (Å²) in [5.74, 6) is -0.231. The molecule has 1 N–H and O–H groups in total. The number of para-hydroxylation sites is 1. The van der Waals surface area contributed by atoms with Gasteiger partial charge in [-0.1, -0.05) is 59.9 Å². The van der Waals surface area contributed by atoms with Crippen molar-refractivity contribution in [3.63, 3.8) is 0 Å². The maximum Gasteiger partial charge on any atom is 0.264 e. The second kappa shape index (κ2) is 8.80. The molecule has 1 amide bonds. The van der Waals surface area contributed by atoms with Crippen molar-refractivity contribution in [3.8, 4) is 0 Å². The zero-order valence-electron chi connectivity index (χ0n) is 18.0. The van der Waals surface area contributed by atoms with Gasteiger partial charge in [0.15, 0.2) is 11.0 Å². The molecular weight excluding hydrogens is 452 g/mol. The molecule has 2 aromatic carbocycles. The van der Waals surface area contributed by atoms with E-state index >= 15 is 0 Å². The van der Waals surface area contributed by atoms with Crippen LogP contribution in [-0.2, 0) is 11.3 Å². The summed E-state index contributed by atoms with van der Waals surface area (Å²) in [5.41, 5.74) is 3.96. The quantitative estimate of drug-likeness (QED) is 0.305.